The molecular formula is C25H27NO4S. The largest absolute Gasteiger partial charge is 0.495 e. The Morgan fingerprint density at radius 2 is 1.58 bits per heavy atom. The van der Waals surface area contributed by atoms with Crippen LogP contribution >= 0.6 is 0 Å². The highest BCUT2D eigenvalue weighted by atomic mass is 32.2. The van der Waals surface area contributed by atoms with Gasteiger partial charge in [0.15, 0.2) is 9.84 Å². The van der Waals surface area contributed by atoms with Crippen molar-refractivity contribution in [1.82, 2.24) is 4.90 Å². The molecule has 5 nitrogen and oxygen atoms in total. The highest BCUT2D eigenvalue weighted by Gasteiger charge is 2.22. The van der Waals surface area contributed by atoms with Crippen LogP contribution in [-0.4, -0.2) is 40.4 Å². The summed E-state index contributed by atoms with van der Waals surface area (Å²) in [7, 11) is 1.20. The number of nitrogens with zero attached hydrogens (tertiary/aromatic N) is 1. The molecule has 0 atom stereocenters. The summed E-state index contributed by atoms with van der Waals surface area (Å²) in [6.45, 7) is 2.04. The van der Waals surface area contributed by atoms with Crippen LogP contribution in [0.25, 0.3) is 11.1 Å². The summed E-state index contributed by atoms with van der Waals surface area (Å²) in [6.07, 6.45) is 0.842. The third kappa shape index (κ3) is 5.14. The lowest BCUT2D eigenvalue weighted by atomic mass is 10.0. The van der Waals surface area contributed by atoms with E-state index in [1.807, 2.05) is 37.3 Å². The molecule has 6 heteroatoms. The SMILES string of the molecule is CCc1cccc(CS(=O)(=O)c2cc(-c3cccc(C(=O)N(C)C)c3)ccc2OC)c1. The lowest BCUT2D eigenvalue weighted by molar-refractivity contribution is 0.0827. The fourth-order valence-corrected chi connectivity index (χ4v) is 4.96. The maximum absolute atomic E-state index is 13.3. The second kappa shape index (κ2) is 9.35. The zero-order valence-corrected chi connectivity index (χ0v) is 19.1. The first kappa shape index (κ1) is 22.6. The predicted molar refractivity (Wildman–Crippen MR) is 123 cm³/mol. The van der Waals surface area contributed by atoms with Gasteiger partial charge in [-0.2, -0.15) is 0 Å². The summed E-state index contributed by atoms with van der Waals surface area (Å²) in [4.78, 5) is 14.0. The van der Waals surface area contributed by atoms with Gasteiger partial charge in [-0.25, -0.2) is 8.42 Å². The minimum absolute atomic E-state index is 0.111. The Kier molecular flexibility index (Phi) is 6.81. The molecule has 3 aromatic rings. The standard InChI is InChI=1S/C25H27NO4S/c1-5-18-8-6-9-19(14-18)17-31(28,29)24-16-21(12-13-23(24)30-4)20-10-7-11-22(15-20)25(27)26(2)3/h6-16H,5,17H2,1-4H3. The van der Waals surface area contributed by atoms with Crippen LogP contribution in [0.2, 0.25) is 0 Å². The third-order valence-electron chi connectivity index (χ3n) is 5.10. The first-order chi connectivity index (χ1) is 14.7. The highest BCUT2D eigenvalue weighted by molar-refractivity contribution is 7.90. The molecule has 0 aromatic heterocycles. The molecule has 0 radical (unpaired) electrons. The van der Waals surface area contributed by atoms with E-state index in [0.29, 0.717) is 16.9 Å². The third-order valence-corrected chi connectivity index (χ3v) is 6.81. The zero-order chi connectivity index (χ0) is 22.6. The van der Waals surface area contributed by atoms with E-state index in [9.17, 15) is 13.2 Å². The molecule has 0 aliphatic rings. The van der Waals surface area contributed by atoms with Crippen LogP contribution in [0, 0.1) is 0 Å². The number of rotatable bonds is 7. The van der Waals surface area contributed by atoms with Crippen molar-refractivity contribution in [2.75, 3.05) is 21.2 Å². The van der Waals surface area contributed by atoms with Crippen molar-refractivity contribution in [3.05, 3.63) is 83.4 Å². The molecule has 0 aliphatic heterocycles. The Morgan fingerprint density at radius 1 is 0.903 bits per heavy atom. The number of sulfone groups is 1. The lowest BCUT2D eigenvalue weighted by Gasteiger charge is -2.14. The van der Waals surface area contributed by atoms with Gasteiger partial charge in [0.2, 0.25) is 0 Å². The van der Waals surface area contributed by atoms with Crippen LogP contribution < -0.4 is 4.74 Å². The van der Waals surface area contributed by atoms with Gasteiger partial charge in [-0.05, 0) is 52.9 Å². The van der Waals surface area contributed by atoms with Gasteiger partial charge in [0, 0.05) is 19.7 Å². The summed E-state index contributed by atoms with van der Waals surface area (Å²) in [5.41, 5.74) is 3.84. The monoisotopic (exact) mass is 437 g/mol. The number of carbonyl (C=O) groups is 1. The molecule has 0 unspecified atom stereocenters. The Balaban J connectivity index is 2.03. The minimum atomic E-state index is -3.65. The van der Waals surface area contributed by atoms with Crippen LogP contribution in [0.4, 0.5) is 0 Å². The smallest absolute Gasteiger partial charge is 0.253 e. The first-order valence-corrected chi connectivity index (χ1v) is 11.7. The van der Waals surface area contributed by atoms with Crippen molar-refractivity contribution in [2.45, 2.75) is 24.0 Å². The van der Waals surface area contributed by atoms with Gasteiger partial charge in [0.05, 0.1) is 12.9 Å². The first-order valence-electron chi connectivity index (χ1n) is 10.1. The van der Waals surface area contributed by atoms with Gasteiger partial charge in [-0.3, -0.25) is 4.79 Å². The molecule has 0 bridgehead atoms. The van der Waals surface area contributed by atoms with Gasteiger partial charge in [-0.15, -0.1) is 0 Å². The molecule has 0 N–H and O–H groups in total. The number of hydrogen-bond donors (Lipinski definition) is 0. The molecule has 0 aliphatic carbocycles. The molecular weight excluding hydrogens is 410 g/mol. The molecule has 31 heavy (non-hydrogen) atoms. The Labute approximate surface area is 184 Å². The lowest BCUT2D eigenvalue weighted by Crippen LogP contribution is -2.21. The summed E-state index contributed by atoms with van der Waals surface area (Å²) in [6, 6.07) is 19.9. The fraction of sp³-hybridized carbons (Fsp3) is 0.240. The number of benzene rings is 3. The van der Waals surface area contributed by atoms with Crippen LogP contribution in [0.5, 0.6) is 5.75 Å². The van der Waals surface area contributed by atoms with Crippen molar-refractivity contribution in [2.24, 2.45) is 0 Å². The molecule has 0 saturated heterocycles. The topological polar surface area (TPSA) is 63.7 Å². The van der Waals surface area contributed by atoms with Crippen LogP contribution in [-0.2, 0) is 22.0 Å². The molecule has 0 spiro atoms. The molecule has 3 rings (SSSR count). The van der Waals surface area contributed by atoms with Crippen molar-refractivity contribution in [3.63, 3.8) is 0 Å². The van der Waals surface area contributed by atoms with Gasteiger partial charge < -0.3 is 9.64 Å². The second-order valence-electron chi connectivity index (χ2n) is 7.58. The minimum Gasteiger partial charge on any atom is -0.495 e. The molecule has 1 amide bonds. The van der Waals surface area contributed by atoms with Gasteiger partial charge in [-0.1, -0.05) is 49.4 Å². The summed E-state index contributed by atoms with van der Waals surface area (Å²) in [5.74, 6) is 0.0784. The van der Waals surface area contributed by atoms with Crippen molar-refractivity contribution < 1.29 is 17.9 Å². The number of carbonyl (C=O) groups excluding carboxylic acids is 1. The van der Waals surface area contributed by atoms with E-state index in [4.69, 9.17) is 4.74 Å². The molecule has 0 heterocycles. The highest BCUT2D eigenvalue weighted by Crippen LogP contribution is 2.32. The number of methoxy groups -OCH3 is 1. The van der Waals surface area contributed by atoms with Gasteiger partial charge in [0.1, 0.15) is 10.6 Å². The van der Waals surface area contributed by atoms with E-state index in [-0.39, 0.29) is 16.6 Å². The second-order valence-corrected chi connectivity index (χ2v) is 9.54. The van der Waals surface area contributed by atoms with E-state index in [1.54, 1.807) is 50.5 Å². The van der Waals surface area contributed by atoms with E-state index >= 15 is 0 Å². The van der Waals surface area contributed by atoms with E-state index in [1.165, 1.54) is 12.0 Å². The van der Waals surface area contributed by atoms with Gasteiger partial charge in [0.25, 0.3) is 5.91 Å². The van der Waals surface area contributed by atoms with Crippen LogP contribution in [0.15, 0.2) is 71.6 Å². The van der Waals surface area contributed by atoms with Crippen molar-refractivity contribution >= 4 is 15.7 Å². The normalized spacial score (nSPS) is 11.2. The van der Waals surface area contributed by atoms with E-state index < -0.39 is 9.84 Å². The number of amides is 1. The van der Waals surface area contributed by atoms with Crippen molar-refractivity contribution in [3.8, 4) is 16.9 Å². The molecule has 162 valence electrons. The summed E-state index contributed by atoms with van der Waals surface area (Å²) in [5, 5.41) is 0. The number of aryl methyl sites for hydroxylation is 1. The van der Waals surface area contributed by atoms with Gasteiger partial charge >= 0.3 is 0 Å². The number of hydrogen-bond acceptors (Lipinski definition) is 4. The maximum Gasteiger partial charge on any atom is 0.253 e. The van der Waals surface area contributed by atoms with Crippen molar-refractivity contribution in [1.29, 1.82) is 0 Å². The fourth-order valence-electron chi connectivity index (χ4n) is 3.43. The molecule has 0 fully saturated rings. The summed E-state index contributed by atoms with van der Waals surface area (Å²) >= 11 is 0. The molecule has 3 aromatic carbocycles. The Morgan fingerprint density at radius 3 is 2.26 bits per heavy atom. The van der Waals surface area contributed by atoms with E-state index in [0.717, 1.165) is 23.1 Å². The summed E-state index contributed by atoms with van der Waals surface area (Å²) < 4.78 is 31.9. The van der Waals surface area contributed by atoms with Crippen LogP contribution in [0.1, 0.15) is 28.4 Å². The maximum atomic E-state index is 13.3. The van der Waals surface area contributed by atoms with Crippen LogP contribution in [0.3, 0.4) is 0 Å². The average molecular weight is 438 g/mol. The average Bonchev–Trinajstić information content (AvgIpc) is 2.78. The molecule has 0 saturated carbocycles. The zero-order valence-electron chi connectivity index (χ0n) is 18.3. The Bertz CT molecular complexity index is 1200. The number of ether oxygens (including phenoxy) is 1. The Hall–Kier alpha value is -3.12. The van der Waals surface area contributed by atoms with E-state index in [2.05, 4.69) is 0 Å². The quantitative estimate of drug-likeness (QED) is 0.542. The predicted octanol–water partition coefficient (Wildman–Crippen LogP) is 4.60.